The maximum atomic E-state index is 4.38. The normalized spacial score (nSPS) is 25.5. The molecular formula is C13H12N2. The van der Waals surface area contributed by atoms with Crippen molar-refractivity contribution in [2.75, 3.05) is 5.32 Å². The molecule has 2 aliphatic heterocycles. The van der Waals surface area contributed by atoms with Crippen molar-refractivity contribution in [1.29, 1.82) is 0 Å². The zero-order chi connectivity index (χ0) is 10.3. The Kier molecular flexibility index (Phi) is 1.60. The van der Waals surface area contributed by atoms with Gasteiger partial charge in [0.2, 0.25) is 0 Å². The minimum Gasteiger partial charge on any atom is -0.342 e. The average molecular weight is 196 g/mol. The number of rotatable bonds is 2. The highest BCUT2D eigenvalue weighted by atomic mass is 15.1. The van der Waals surface area contributed by atoms with E-state index < -0.39 is 0 Å². The summed E-state index contributed by atoms with van der Waals surface area (Å²) in [5.41, 5.74) is 2.40. The van der Waals surface area contributed by atoms with Crippen LogP contribution in [0.5, 0.6) is 0 Å². The molecule has 2 heteroatoms. The zero-order valence-electron chi connectivity index (χ0n) is 8.40. The molecule has 1 N–H and O–H groups in total. The van der Waals surface area contributed by atoms with Gasteiger partial charge < -0.3 is 5.32 Å². The number of benzene rings is 1. The van der Waals surface area contributed by atoms with Crippen molar-refractivity contribution >= 4 is 11.5 Å². The summed E-state index contributed by atoms with van der Waals surface area (Å²) < 4.78 is 0. The number of anilines is 1. The average Bonchev–Trinajstić information content (AvgIpc) is 2.74. The van der Waals surface area contributed by atoms with Crippen LogP contribution < -0.4 is 5.32 Å². The van der Waals surface area contributed by atoms with Crippen LogP contribution >= 0.6 is 0 Å². The van der Waals surface area contributed by atoms with Crippen LogP contribution in [-0.2, 0) is 5.41 Å². The van der Waals surface area contributed by atoms with Gasteiger partial charge in [-0.05, 0) is 24.1 Å². The van der Waals surface area contributed by atoms with E-state index >= 15 is 0 Å². The minimum absolute atomic E-state index is 0.0711. The fourth-order valence-corrected chi connectivity index (χ4v) is 2.41. The molecule has 1 aromatic rings. The van der Waals surface area contributed by atoms with Crippen LogP contribution in [0.4, 0.5) is 5.69 Å². The van der Waals surface area contributed by atoms with Crippen LogP contribution in [0.25, 0.3) is 0 Å². The first kappa shape index (κ1) is 8.48. The van der Waals surface area contributed by atoms with Gasteiger partial charge in [-0.2, -0.15) is 0 Å². The molecule has 2 nitrogen and oxygen atoms in total. The van der Waals surface area contributed by atoms with Gasteiger partial charge in [-0.25, -0.2) is 4.99 Å². The van der Waals surface area contributed by atoms with Gasteiger partial charge in [-0.15, -0.1) is 6.58 Å². The number of nitrogens with one attached hydrogen (secondary N) is 1. The summed E-state index contributed by atoms with van der Waals surface area (Å²) in [6, 6.07) is 8.36. The first-order valence-corrected chi connectivity index (χ1v) is 5.10. The summed E-state index contributed by atoms with van der Waals surface area (Å²) in [5.74, 6) is 1.03. The largest absolute Gasteiger partial charge is 0.342 e. The maximum Gasteiger partial charge on any atom is 0.121 e. The van der Waals surface area contributed by atoms with E-state index in [1.165, 1.54) is 11.3 Å². The molecule has 0 amide bonds. The molecule has 0 aliphatic carbocycles. The summed E-state index contributed by atoms with van der Waals surface area (Å²) >= 11 is 0. The van der Waals surface area contributed by atoms with Gasteiger partial charge in [0.1, 0.15) is 5.84 Å². The van der Waals surface area contributed by atoms with Crippen LogP contribution in [-0.4, -0.2) is 5.84 Å². The van der Waals surface area contributed by atoms with Gasteiger partial charge in [0.15, 0.2) is 0 Å². The lowest BCUT2D eigenvalue weighted by molar-refractivity contribution is 0.757. The van der Waals surface area contributed by atoms with Crippen LogP contribution in [0.15, 0.2) is 54.2 Å². The summed E-state index contributed by atoms with van der Waals surface area (Å²) in [6.07, 6.45) is 6.88. The molecule has 2 aliphatic rings. The molecule has 0 saturated carbocycles. The number of hydrogen-bond acceptors (Lipinski definition) is 2. The molecule has 2 heterocycles. The first-order chi connectivity index (χ1) is 7.37. The highest BCUT2D eigenvalue weighted by molar-refractivity contribution is 6.12. The first-order valence-electron chi connectivity index (χ1n) is 5.10. The topological polar surface area (TPSA) is 24.4 Å². The SMILES string of the molecule is C=CCC12C=CN=C1Nc1ccccc12. The Labute approximate surface area is 89.0 Å². The lowest BCUT2D eigenvalue weighted by atomic mass is 9.79. The third-order valence-corrected chi connectivity index (χ3v) is 3.11. The van der Waals surface area contributed by atoms with Crippen molar-refractivity contribution in [2.24, 2.45) is 4.99 Å². The number of para-hydroxylation sites is 1. The van der Waals surface area contributed by atoms with Crippen molar-refractivity contribution < 1.29 is 0 Å². The summed E-state index contributed by atoms with van der Waals surface area (Å²) in [4.78, 5) is 4.38. The Balaban J connectivity index is 2.22. The Bertz CT molecular complexity index is 485. The number of aliphatic imine (C=N–C) groups is 1. The maximum absolute atomic E-state index is 4.38. The van der Waals surface area contributed by atoms with Crippen LogP contribution in [0.3, 0.4) is 0 Å². The Morgan fingerprint density at radius 3 is 3.13 bits per heavy atom. The molecule has 0 spiro atoms. The number of nitrogens with zero attached hydrogens (tertiary/aromatic N) is 1. The molecular weight excluding hydrogens is 184 g/mol. The molecule has 0 aromatic heterocycles. The Morgan fingerprint density at radius 1 is 1.40 bits per heavy atom. The predicted octanol–water partition coefficient (Wildman–Crippen LogP) is 2.85. The second kappa shape index (κ2) is 2.83. The zero-order valence-corrected chi connectivity index (χ0v) is 8.40. The van der Waals surface area contributed by atoms with Crippen LogP contribution in [0.2, 0.25) is 0 Å². The molecule has 74 valence electrons. The fraction of sp³-hybridized carbons (Fsp3) is 0.154. The highest BCUT2D eigenvalue weighted by Crippen LogP contribution is 2.44. The number of amidine groups is 1. The highest BCUT2D eigenvalue weighted by Gasteiger charge is 2.43. The smallest absolute Gasteiger partial charge is 0.121 e. The predicted molar refractivity (Wildman–Crippen MR) is 63.1 cm³/mol. The third kappa shape index (κ3) is 0.962. The minimum atomic E-state index is -0.0711. The fourth-order valence-electron chi connectivity index (χ4n) is 2.41. The molecule has 1 atom stereocenters. The van der Waals surface area contributed by atoms with Gasteiger partial charge in [0.25, 0.3) is 0 Å². The summed E-state index contributed by atoms with van der Waals surface area (Å²) in [7, 11) is 0. The van der Waals surface area contributed by atoms with E-state index in [1.54, 1.807) is 0 Å². The van der Waals surface area contributed by atoms with Gasteiger partial charge >= 0.3 is 0 Å². The van der Waals surface area contributed by atoms with E-state index in [2.05, 4.69) is 41.2 Å². The van der Waals surface area contributed by atoms with E-state index in [1.807, 2.05) is 18.3 Å². The van der Waals surface area contributed by atoms with E-state index in [-0.39, 0.29) is 5.41 Å². The molecule has 0 fully saturated rings. The molecule has 15 heavy (non-hydrogen) atoms. The Hall–Kier alpha value is -1.83. The third-order valence-electron chi connectivity index (χ3n) is 3.11. The molecule has 0 saturated heterocycles. The molecule has 0 radical (unpaired) electrons. The quantitative estimate of drug-likeness (QED) is 0.723. The van der Waals surface area contributed by atoms with Gasteiger partial charge in [-0.1, -0.05) is 24.3 Å². The summed E-state index contributed by atoms with van der Waals surface area (Å²) in [5, 5.41) is 3.36. The van der Waals surface area contributed by atoms with Crippen molar-refractivity contribution in [3.8, 4) is 0 Å². The van der Waals surface area contributed by atoms with E-state index in [0.717, 1.165) is 12.3 Å². The van der Waals surface area contributed by atoms with E-state index in [4.69, 9.17) is 0 Å². The Morgan fingerprint density at radius 2 is 2.27 bits per heavy atom. The van der Waals surface area contributed by atoms with Crippen LogP contribution in [0, 0.1) is 0 Å². The van der Waals surface area contributed by atoms with Crippen molar-refractivity contribution in [1.82, 2.24) is 0 Å². The lowest BCUT2D eigenvalue weighted by Gasteiger charge is -2.21. The van der Waals surface area contributed by atoms with E-state index in [9.17, 15) is 0 Å². The molecule has 0 bridgehead atoms. The second-order valence-corrected chi connectivity index (χ2v) is 3.93. The molecule has 3 rings (SSSR count). The number of fused-ring (bicyclic) bond motifs is 3. The van der Waals surface area contributed by atoms with Crippen molar-refractivity contribution in [3.05, 3.63) is 54.8 Å². The van der Waals surface area contributed by atoms with Crippen molar-refractivity contribution in [2.45, 2.75) is 11.8 Å². The molecule has 1 unspecified atom stereocenters. The number of allylic oxidation sites excluding steroid dienone is 1. The monoisotopic (exact) mass is 196 g/mol. The van der Waals surface area contributed by atoms with Crippen LogP contribution in [0.1, 0.15) is 12.0 Å². The summed E-state index contributed by atoms with van der Waals surface area (Å²) in [6.45, 7) is 3.84. The number of hydrogen-bond donors (Lipinski definition) is 1. The molecule has 1 aromatic carbocycles. The van der Waals surface area contributed by atoms with Gasteiger partial charge in [-0.3, -0.25) is 0 Å². The second-order valence-electron chi connectivity index (χ2n) is 3.93. The lowest BCUT2D eigenvalue weighted by Crippen LogP contribution is -2.29. The van der Waals surface area contributed by atoms with Crippen molar-refractivity contribution in [3.63, 3.8) is 0 Å². The van der Waals surface area contributed by atoms with Gasteiger partial charge in [0.05, 0.1) is 5.41 Å². The van der Waals surface area contributed by atoms with Gasteiger partial charge in [0, 0.05) is 11.9 Å². The van der Waals surface area contributed by atoms with E-state index in [0.29, 0.717) is 0 Å². The standard InChI is InChI=1S/C13H12N2/c1-2-7-13-8-9-14-12(13)15-11-6-4-3-5-10(11)13/h2-6,8-9H,1,7H2,(H,14,15).